The average molecular weight is 136 g/mol. The van der Waals surface area contributed by atoms with Gasteiger partial charge in [0.1, 0.15) is 5.76 Å². The molecule has 1 heterocycles. The van der Waals surface area contributed by atoms with E-state index in [1.807, 2.05) is 13.0 Å². The fourth-order valence-electron chi connectivity index (χ4n) is 1.04. The lowest BCUT2D eigenvalue weighted by Crippen LogP contribution is -1.78. The van der Waals surface area contributed by atoms with E-state index in [4.69, 9.17) is 4.74 Å². The number of allylic oxidation sites excluding steroid dienone is 3. The van der Waals surface area contributed by atoms with Crippen LogP contribution in [0.25, 0.3) is 0 Å². The van der Waals surface area contributed by atoms with Crippen LogP contribution in [0.3, 0.4) is 0 Å². The lowest BCUT2D eigenvalue weighted by Gasteiger charge is -1.94. The molecular weight excluding hydrogens is 124 g/mol. The SMILES string of the molecule is C=CC1=C(/C=C\C)CCO1. The lowest BCUT2D eigenvalue weighted by molar-refractivity contribution is 0.257. The van der Waals surface area contributed by atoms with Crippen LogP contribution in [0.5, 0.6) is 0 Å². The summed E-state index contributed by atoms with van der Waals surface area (Å²) in [7, 11) is 0. The van der Waals surface area contributed by atoms with E-state index in [2.05, 4.69) is 12.7 Å². The van der Waals surface area contributed by atoms with Crippen molar-refractivity contribution in [1.29, 1.82) is 0 Å². The second-order valence-electron chi connectivity index (χ2n) is 2.19. The third kappa shape index (κ3) is 1.29. The van der Waals surface area contributed by atoms with Gasteiger partial charge in [-0.3, -0.25) is 0 Å². The van der Waals surface area contributed by atoms with Gasteiger partial charge < -0.3 is 4.74 Å². The van der Waals surface area contributed by atoms with Crippen molar-refractivity contribution in [3.63, 3.8) is 0 Å². The molecule has 1 nitrogen and oxygen atoms in total. The Kier molecular flexibility index (Phi) is 2.32. The Morgan fingerprint density at radius 3 is 3.00 bits per heavy atom. The zero-order valence-corrected chi connectivity index (χ0v) is 6.26. The van der Waals surface area contributed by atoms with Crippen molar-refractivity contribution < 1.29 is 4.74 Å². The highest BCUT2D eigenvalue weighted by Crippen LogP contribution is 2.20. The van der Waals surface area contributed by atoms with Crippen LogP contribution in [-0.4, -0.2) is 6.61 Å². The van der Waals surface area contributed by atoms with Crippen LogP contribution >= 0.6 is 0 Å². The van der Waals surface area contributed by atoms with Gasteiger partial charge in [-0.05, 0) is 18.6 Å². The number of ether oxygens (including phenoxy) is 1. The minimum absolute atomic E-state index is 0.807. The Hall–Kier alpha value is -0.980. The Bertz CT molecular complexity index is 187. The maximum atomic E-state index is 5.28. The lowest BCUT2D eigenvalue weighted by atomic mass is 10.2. The highest BCUT2D eigenvalue weighted by Gasteiger charge is 2.08. The largest absolute Gasteiger partial charge is 0.493 e. The fourth-order valence-corrected chi connectivity index (χ4v) is 1.04. The smallest absolute Gasteiger partial charge is 0.122 e. The minimum atomic E-state index is 0.807. The van der Waals surface area contributed by atoms with Gasteiger partial charge in [-0.2, -0.15) is 0 Å². The molecule has 0 radical (unpaired) electrons. The van der Waals surface area contributed by atoms with Crippen molar-refractivity contribution in [3.8, 4) is 0 Å². The molecule has 0 saturated carbocycles. The van der Waals surface area contributed by atoms with Crippen molar-refractivity contribution in [1.82, 2.24) is 0 Å². The molecule has 0 aromatic carbocycles. The number of hydrogen-bond acceptors (Lipinski definition) is 1. The molecule has 54 valence electrons. The van der Waals surface area contributed by atoms with Gasteiger partial charge in [0.2, 0.25) is 0 Å². The normalized spacial score (nSPS) is 18.1. The first-order chi connectivity index (χ1) is 4.88. The van der Waals surface area contributed by atoms with Crippen molar-refractivity contribution in [2.24, 2.45) is 0 Å². The molecule has 1 aliphatic rings. The van der Waals surface area contributed by atoms with Gasteiger partial charge >= 0.3 is 0 Å². The van der Waals surface area contributed by atoms with Crippen molar-refractivity contribution >= 4 is 0 Å². The van der Waals surface area contributed by atoms with E-state index >= 15 is 0 Å². The minimum Gasteiger partial charge on any atom is -0.493 e. The topological polar surface area (TPSA) is 9.23 Å². The van der Waals surface area contributed by atoms with E-state index in [1.165, 1.54) is 5.57 Å². The highest BCUT2D eigenvalue weighted by atomic mass is 16.5. The van der Waals surface area contributed by atoms with Gasteiger partial charge in [0.25, 0.3) is 0 Å². The average Bonchev–Trinajstić information content (AvgIpc) is 2.36. The van der Waals surface area contributed by atoms with Crippen LogP contribution in [0.1, 0.15) is 13.3 Å². The van der Waals surface area contributed by atoms with Crippen LogP contribution in [0, 0.1) is 0 Å². The zero-order valence-electron chi connectivity index (χ0n) is 6.26. The highest BCUT2D eigenvalue weighted by molar-refractivity contribution is 5.30. The maximum absolute atomic E-state index is 5.28. The fraction of sp³-hybridized carbons (Fsp3) is 0.333. The summed E-state index contributed by atoms with van der Waals surface area (Å²) >= 11 is 0. The van der Waals surface area contributed by atoms with E-state index < -0.39 is 0 Å². The number of hydrogen-bond donors (Lipinski definition) is 0. The molecule has 0 bridgehead atoms. The summed E-state index contributed by atoms with van der Waals surface area (Å²) in [6, 6.07) is 0. The quantitative estimate of drug-likeness (QED) is 0.566. The van der Waals surface area contributed by atoms with Gasteiger partial charge in [-0.25, -0.2) is 0 Å². The van der Waals surface area contributed by atoms with E-state index in [-0.39, 0.29) is 0 Å². The molecule has 0 fully saturated rings. The molecule has 10 heavy (non-hydrogen) atoms. The Balaban J connectivity index is 2.77. The first-order valence-corrected chi connectivity index (χ1v) is 3.49. The van der Waals surface area contributed by atoms with Gasteiger partial charge in [0.05, 0.1) is 6.61 Å². The third-order valence-electron chi connectivity index (χ3n) is 1.50. The van der Waals surface area contributed by atoms with Gasteiger partial charge in [0, 0.05) is 6.42 Å². The Labute approximate surface area is 61.7 Å². The van der Waals surface area contributed by atoms with Crippen molar-refractivity contribution in [2.45, 2.75) is 13.3 Å². The molecule has 0 amide bonds. The molecule has 0 aliphatic carbocycles. The zero-order chi connectivity index (χ0) is 7.40. The number of rotatable bonds is 2. The molecule has 1 rings (SSSR count). The second kappa shape index (κ2) is 3.25. The molecule has 0 N–H and O–H groups in total. The van der Waals surface area contributed by atoms with Gasteiger partial charge in [0.15, 0.2) is 0 Å². The Morgan fingerprint density at radius 1 is 1.60 bits per heavy atom. The Morgan fingerprint density at radius 2 is 2.40 bits per heavy atom. The third-order valence-corrected chi connectivity index (χ3v) is 1.50. The van der Waals surface area contributed by atoms with E-state index in [1.54, 1.807) is 6.08 Å². The first-order valence-electron chi connectivity index (χ1n) is 3.49. The first kappa shape index (κ1) is 7.13. The van der Waals surface area contributed by atoms with Crippen molar-refractivity contribution in [3.05, 3.63) is 36.1 Å². The molecule has 1 heteroatoms. The molecular formula is C9H12O. The standard InChI is InChI=1S/C9H12O/c1-3-5-8-6-7-10-9(8)4-2/h3-5H,2,6-7H2,1H3/b5-3-. The predicted molar refractivity (Wildman–Crippen MR) is 42.6 cm³/mol. The van der Waals surface area contributed by atoms with Gasteiger partial charge in [-0.1, -0.05) is 18.7 Å². The predicted octanol–water partition coefficient (Wildman–Crippen LogP) is 2.42. The summed E-state index contributed by atoms with van der Waals surface area (Å²) in [5.41, 5.74) is 1.26. The summed E-state index contributed by atoms with van der Waals surface area (Å²) in [4.78, 5) is 0. The molecule has 0 saturated heterocycles. The van der Waals surface area contributed by atoms with Crippen LogP contribution in [-0.2, 0) is 4.74 Å². The van der Waals surface area contributed by atoms with E-state index in [0.29, 0.717) is 0 Å². The van der Waals surface area contributed by atoms with Crippen LogP contribution in [0.15, 0.2) is 36.1 Å². The second-order valence-corrected chi connectivity index (χ2v) is 2.19. The molecule has 0 aromatic heterocycles. The molecule has 0 spiro atoms. The van der Waals surface area contributed by atoms with Crippen LogP contribution in [0.2, 0.25) is 0 Å². The summed E-state index contributed by atoms with van der Waals surface area (Å²) in [5, 5.41) is 0. The van der Waals surface area contributed by atoms with Crippen molar-refractivity contribution in [2.75, 3.05) is 6.61 Å². The van der Waals surface area contributed by atoms with Crippen LogP contribution < -0.4 is 0 Å². The molecule has 1 aliphatic heterocycles. The summed E-state index contributed by atoms with van der Waals surface area (Å²) in [5.74, 6) is 0.943. The molecule has 0 aromatic rings. The maximum Gasteiger partial charge on any atom is 0.122 e. The van der Waals surface area contributed by atoms with Crippen LogP contribution in [0.4, 0.5) is 0 Å². The summed E-state index contributed by atoms with van der Waals surface area (Å²) < 4.78 is 5.28. The molecule has 0 atom stereocenters. The summed E-state index contributed by atoms with van der Waals surface area (Å²) in [6.07, 6.45) is 6.88. The summed E-state index contributed by atoms with van der Waals surface area (Å²) in [6.45, 7) is 6.47. The monoisotopic (exact) mass is 136 g/mol. The van der Waals surface area contributed by atoms with E-state index in [0.717, 1.165) is 18.8 Å². The van der Waals surface area contributed by atoms with E-state index in [9.17, 15) is 0 Å². The van der Waals surface area contributed by atoms with Gasteiger partial charge in [-0.15, -0.1) is 0 Å². The molecule has 0 unspecified atom stereocenters.